The van der Waals surface area contributed by atoms with E-state index in [0.717, 1.165) is 15.0 Å². The van der Waals surface area contributed by atoms with Gasteiger partial charge in [-0.2, -0.15) is 0 Å². The van der Waals surface area contributed by atoms with Crippen molar-refractivity contribution in [2.24, 2.45) is 0 Å². The number of aryl methyl sites for hydroxylation is 1. The van der Waals surface area contributed by atoms with Gasteiger partial charge in [0.1, 0.15) is 5.69 Å². The molecule has 5 heteroatoms. The summed E-state index contributed by atoms with van der Waals surface area (Å²) in [5, 5.41) is 2.77. The van der Waals surface area contributed by atoms with Gasteiger partial charge in [0.25, 0.3) is 5.91 Å². The van der Waals surface area contributed by atoms with Crippen molar-refractivity contribution in [1.82, 2.24) is 9.97 Å². The van der Waals surface area contributed by atoms with Crippen molar-refractivity contribution in [3.05, 3.63) is 51.6 Å². The van der Waals surface area contributed by atoms with Crippen molar-refractivity contribution < 1.29 is 4.79 Å². The molecule has 86 valence electrons. The fraction of sp³-hybridized carbons (Fsp3) is 0.0833. The first kappa shape index (κ1) is 12.0. The quantitative estimate of drug-likeness (QED) is 0.856. The third-order valence-corrected chi connectivity index (χ3v) is 2.77. The zero-order valence-electron chi connectivity index (χ0n) is 9.14. The highest BCUT2D eigenvalue weighted by Crippen LogP contribution is 2.13. The van der Waals surface area contributed by atoms with Gasteiger partial charge in [-0.05, 0) is 47.7 Å². The maximum Gasteiger partial charge on any atom is 0.275 e. The molecule has 0 unspecified atom stereocenters. The summed E-state index contributed by atoms with van der Waals surface area (Å²) in [4.78, 5) is 19.9. The molecule has 1 aromatic heterocycles. The molecular weight excluding hydrogens is 329 g/mol. The van der Waals surface area contributed by atoms with E-state index in [1.165, 1.54) is 6.20 Å². The van der Waals surface area contributed by atoms with Gasteiger partial charge in [-0.1, -0.05) is 6.07 Å². The Hall–Kier alpha value is -1.50. The van der Waals surface area contributed by atoms with Crippen LogP contribution < -0.4 is 5.32 Å². The molecule has 0 spiro atoms. The minimum Gasteiger partial charge on any atom is -0.321 e. The van der Waals surface area contributed by atoms with Crippen LogP contribution in [0.15, 0.2) is 36.7 Å². The van der Waals surface area contributed by atoms with Crippen molar-refractivity contribution >= 4 is 34.2 Å². The first-order chi connectivity index (χ1) is 8.15. The lowest BCUT2D eigenvalue weighted by Crippen LogP contribution is -2.14. The molecular formula is C12H10IN3O. The average Bonchev–Trinajstić information content (AvgIpc) is 2.29. The summed E-state index contributed by atoms with van der Waals surface area (Å²) in [5.74, 6) is -0.250. The van der Waals surface area contributed by atoms with Crippen LogP contribution >= 0.6 is 22.6 Å². The number of aromatic nitrogens is 2. The van der Waals surface area contributed by atoms with Crippen molar-refractivity contribution in [3.8, 4) is 0 Å². The Kier molecular flexibility index (Phi) is 3.68. The number of halogens is 1. The zero-order chi connectivity index (χ0) is 12.3. The molecule has 0 aliphatic rings. The number of hydrogen-bond donors (Lipinski definition) is 1. The van der Waals surface area contributed by atoms with Gasteiger partial charge in [-0.25, -0.2) is 4.98 Å². The maximum atomic E-state index is 11.8. The summed E-state index contributed by atoms with van der Waals surface area (Å²) < 4.78 is 1.07. The first-order valence-electron chi connectivity index (χ1n) is 5.01. The van der Waals surface area contributed by atoms with Gasteiger partial charge in [0.05, 0.1) is 11.9 Å². The summed E-state index contributed by atoms with van der Waals surface area (Å²) in [6, 6.07) is 7.57. The van der Waals surface area contributed by atoms with Gasteiger partial charge in [0.2, 0.25) is 0 Å². The number of anilines is 1. The van der Waals surface area contributed by atoms with Crippen LogP contribution in [-0.4, -0.2) is 15.9 Å². The van der Waals surface area contributed by atoms with Crippen LogP contribution in [0.1, 0.15) is 16.2 Å². The molecule has 0 aliphatic heterocycles. The van der Waals surface area contributed by atoms with E-state index in [4.69, 9.17) is 0 Å². The number of hydrogen-bond acceptors (Lipinski definition) is 3. The molecule has 0 radical (unpaired) electrons. The summed E-state index contributed by atoms with van der Waals surface area (Å²) in [7, 11) is 0. The third-order valence-electron chi connectivity index (χ3n) is 2.10. The lowest BCUT2D eigenvalue weighted by atomic mass is 10.3. The minimum absolute atomic E-state index is 0.250. The number of amides is 1. The molecule has 1 heterocycles. The van der Waals surface area contributed by atoms with E-state index < -0.39 is 0 Å². The second-order valence-electron chi connectivity index (χ2n) is 3.51. The largest absolute Gasteiger partial charge is 0.321 e. The fourth-order valence-corrected chi connectivity index (χ4v) is 1.81. The molecule has 0 bridgehead atoms. The highest BCUT2D eigenvalue weighted by molar-refractivity contribution is 14.1. The molecule has 4 nitrogen and oxygen atoms in total. The van der Waals surface area contributed by atoms with Gasteiger partial charge in [0, 0.05) is 15.5 Å². The van der Waals surface area contributed by atoms with E-state index in [9.17, 15) is 4.79 Å². The Bertz CT molecular complexity index is 540. The number of nitrogens with one attached hydrogen (secondary N) is 1. The van der Waals surface area contributed by atoms with E-state index >= 15 is 0 Å². The van der Waals surface area contributed by atoms with Crippen LogP contribution in [0, 0.1) is 10.5 Å². The number of rotatable bonds is 2. The van der Waals surface area contributed by atoms with E-state index in [1.807, 2.05) is 31.2 Å². The van der Waals surface area contributed by atoms with Gasteiger partial charge >= 0.3 is 0 Å². The number of nitrogens with zero attached hydrogens (tertiary/aromatic N) is 2. The van der Waals surface area contributed by atoms with Crippen molar-refractivity contribution in [1.29, 1.82) is 0 Å². The zero-order valence-corrected chi connectivity index (χ0v) is 11.3. The average molecular weight is 339 g/mol. The number of carbonyl (C=O) groups excluding carboxylic acids is 1. The molecule has 0 fully saturated rings. The summed E-state index contributed by atoms with van der Waals surface area (Å²) in [5.41, 5.74) is 1.86. The van der Waals surface area contributed by atoms with Crippen LogP contribution in [0.2, 0.25) is 0 Å². The summed E-state index contributed by atoms with van der Waals surface area (Å²) in [6.45, 7) is 1.83. The molecule has 0 aliphatic carbocycles. The molecule has 1 N–H and O–H groups in total. The predicted molar refractivity (Wildman–Crippen MR) is 73.9 cm³/mol. The standard InChI is InChI=1S/C12H10IN3O/c1-8-6-15-11(7-14-8)12(17)16-10-4-2-3-9(13)5-10/h2-7H,1H3,(H,16,17). The topological polar surface area (TPSA) is 54.9 Å². The van der Waals surface area contributed by atoms with Crippen LogP contribution in [0.5, 0.6) is 0 Å². The van der Waals surface area contributed by atoms with Crippen molar-refractivity contribution in [2.75, 3.05) is 5.32 Å². The monoisotopic (exact) mass is 339 g/mol. The number of carbonyl (C=O) groups is 1. The smallest absolute Gasteiger partial charge is 0.275 e. The lowest BCUT2D eigenvalue weighted by Gasteiger charge is -2.04. The minimum atomic E-state index is -0.250. The molecule has 17 heavy (non-hydrogen) atoms. The third kappa shape index (κ3) is 3.23. The Balaban J connectivity index is 2.14. The Morgan fingerprint density at radius 2 is 2.12 bits per heavy atom. The molecule has 2 aromatic rings. The van der Waals surface area contributed by atoms with E-state index in [1.54, 1.807) is 6.20 Å². The van der Waals surface area contributed by atoms with E-state index in [0.29, 0.717) is 5.69 Å². The van der Waals surface area contributed by atoms with Crippen molar-refractivity contribution in [2.45, 2.75) is 6.92 Å². The van der Waals surface area contributed by atoms with Gasteiger partial charge < -0.3 is 5.32 Å². The molecule has 1 aromatic carbocycles. The van der Waals surface area contributed by atoms with Crippen LogP contribution in [0.25, 0.3) is 0 Å². The van der Waals surface area contributed by atoms with Gasteiger partial charge in [-0.15, -0.1) is 0 Å². The van der Waals surface area contributed by atoms with Crippen molar-refractivity contribution in [3.63, 3.8) is 0 Å². The Morgan fingerprint density at radius 1 is 1.29 bits per heavy atom. The highest BCUT2D eigenvalue weighted by Gasteiger charge is 2.07. The lowest BCUT2D eigenvalue weighted by molar-refractivity contribution is 0.102. The maximum absolute atomic E-state index is 11.8. The van der Waals surface area contributed by atoms with Crippen LogP contribution in [-0.2, 0) is 0 Å². The second-order valence-corrected chi connectivity index (χ2v) is 4.75. The van der Waals surface area contributed by atoms with E-state index in [-0.39, 0.29) is 5.91 Å². The molecule has 0 saturated heterocycles. The summed E-state index contributed by atoms with van der Waals surface area (Å²) in [6.07, 6.45) is 3.04. The first-order valence-corrected chi connectivity index (χ1v) is 6.08. The molecule has 0 atom stereocenters. The number of benzene rings is 1. The Labute approximate surface area is 113 Å². The van der Waals surface area contributed by atoms with Crippen LogP contribution in [0.3, 0.4) is 0 Å². The molecule has 2 rings (SSSR count). The van der Waals surface area contributed by atoms with Crippen LogP contribution in [0.4, 0.5) is 5.69 Å². The normalized spacial score (nSPS) is 10.0. The Morgan fingerprint density at radius 3 is 2.76 bits per heavy atom. The van der Waals surface area contributed by atoms with E-state index in [2.05, 4.69) is 37.9 Å². The van der Waals surface area contributed by atoms with Gasteiger partial charge in [0.15, 0.2) is 0 Å². The predicted octanol–water partition coefficient (Wildman–Crippen LogP) is 2.64. The molecule has 0 saturated carbocycles. The fourth-order valence-electron chi connectivity index (χ4n) is 1.27. The SMILES string of the molecule is Cc1cnc(C(=O)Nc2cccc(I)c2)cn1. The summed E-state index contributed by atoms with van der Waals surface area (Å²) >= 11 is 2.19. The highest BCUT2D eigenvalue weighted by atomic mass is 127. The second kappa shape index (κ2) is 5.22. The molecule has 1 amide bonds. The van der Waals surface area contributed by atoms with Gasteiger partial charge in [-0.3, -0.25) is 9.78 Å².